The largest absolute Gasteiger partial charge is 0.0654 e. The van der Waals surface area contributed by atoms with Gasteiger partial charge in [0.2, 0.25) is 0 Å². The Kier molecular flexibility index (Phi) is 13.3. The molecule has 0 fully saturated rings. The van der Waals surface area contributed by atoms with E-state index in [-0.39, 0.29) is 0 Å². The van der Waals surface area contributed by atoms with Crippen molar-refractivity contribution >= 4 is 0 Å². The van der Waals surface area contributed by atoms with Crippen LogP contribution in [0.15, 0.2) is 60.7 Å². The number of benzene rings is 2. The van der Waals surface area contributed by atoms with Crippen LogP contribution in [0.3, 0.4) is 0 Å². The second-order valence-electron chi connectivity index (χ2n) is 9.20. The summed E-state index contributed by atoms with van der Waals surface area (Å²) in [4.78, 5) is 0. The lowest BCUT2D eigenvalue weighted by molar-refractivity contribution is 0.483. The molecule has 0 amide bonds. The van der Waals surface area contributed by atoms with Gasteiger partial charge in [-0.2, -0.15) is 0 Å². The molecule has 0 saturated heterocycles. The fraction of sp³-hybridized carbons (Fsp3) is 0.600. The van der Waals surface area contributed by atoms with Crippen molar-refractivity contribution in [2.24, 2.45) is 0 Å². The Morgan fingerprint density at radius 2 is 0.767 bits per heavy atom. The molecule has 0 bridgehead atoms. The molecule has 0 heterocycles. The van der Waals surface area contributed by atoms with E-state index in [2.05, 4.69) is 74.5 Å². The van der Waals surface area contributed by atoms with Gasteiger partial charge in [0.25, 0.3) is 0 Å². The van der Waals surface area contributed by atoms with E-state index in [4.69, 9.17) is 0 Å². The van der Waals surface area contributed by atoms with E-state index < -0.39 is 0 Å². The zero-order valence-electron chi connectivity index (χ0n) is 19.8. The zero-order valence-corrected chi connectivity index (χ0v) is 19.8. The second kappa shape index (κ2) is 16.2. The van der Waals surface area contributed by atoms with Crippen LogP contribution in [-0.2, 0) is 0 Å². The number of hydrogen-bond donors (Lipinski definition) is 0. The highest BCUT2D eigenvalue weighted by Crippen LogP contribution is 2.29. The van der Waals surface area contributed by atoms with E-state index in [1.165, 1.54) is 89.9 Å². The monoisotopic (exact) mass is 406 g/mol. The molecule has 0 nitrogen and oxygen atoms in total. The van der Waals surface area contributed by atoms with Gasteiger partial charge in [-0.25, -0.2) is 0 Å². The van der Waals surface area contributed by atoms with Crippen LogP contribution in [0.25, 0.3) is 0 Å². The third-order valence-electron chi connectivity index (χ3n) is 6.71. The standard InChI is InChI=1S/C30H46/c1-3-5-19-27(29-23-15-11-16-24-29)21-13-9-7-8-10-14-22-28(20-6-4-2)30-25-17-12-18-26-30/h11-12,15-18,23-28H,3-10,13-14,19-22H2,1-2H3. The fourth-order valence-electron chi connectivity index (χ4n) is 4.80. The van der Waals surface area contributed by atoms with Crippen molar-refractivity contribution in [3.63, 3.8) is 0 Å². The van der Waals surface area contributed by atoms with Crippen molar-refractivity contribution in [2.75, 3.05) is 0 Å². The van der Waals surface area contributed by atoms with Gasteiger partial charge < -0.3 is 0 Å². The van der Waals surface area contributed by atoms with Crippen molar-refractivity contribution in [2.45, 2.75) is 116 Å². The first-order chi connectivity index (χ1) is 14.8. The first kappa shape index (κ1) is 24.7. The molecular weight excluding hydrogens is 360 g/mol. The lowest BCUT2D eigenvalue weighted by atomic mass is 9.88. The molecule has 30 heavy (non-hydrogen) atoms. The van der Waals surface area contributed by atoms with Gasteiger partial charge in [-0.15, -0.1) is 0 Å². The first-order valence-electron chi connectivity index (χ1n) is 12.9. The molecule has 0 heteroatoms. The van der Waals surface area contributed by atoms with Crippen LogP contribution >= 0.6 is 0 Å². The molecule has 0 aromatic heterocycles. The van der Waals surface area contributed by atoms with E-state index in [1.807, 2.05) is 0 Å². The van der Waals surface area contributed by atoms with Gasteiger partial charge in [-0.3, -0.25) is 0 Å². The van der Waals surface area contributed by atoms with Crippen molar-refractivity contribution in [3.05, 3.63) is 71.8 Å². The summed E-state index contributed by atoms with van der Waals surface area (Å²) in [5, 5.41) is 0. The molecule has 0 radical (unpaired) electrons. The van der Waals surface area contributed by atoms with Gasteiger partial charge >= 0.3 is 0 Å². The maximum atomic E-state index is 2.34. The van der Waals surface area contributed by atoms with Gasteiger partial charge in [0.15, 0.2) is 0 Å². The minimum atomic E-state index is 0.774. The minimum Gasteiger partial charge on any atom is -0.0654 e. The summed E-state index contributed by atoms with van der Waals surface area (Å²) in [7, 11) is 0. The summed E-state index contributed by atoms with van der Waals surface area (Å²) in [5.41, 5.74) is 3.12. The Morgan fingerprint density at radius 1 is 0.433 bits per heavy atom. The van der Waals surface area contributed by atoms with Crippen LogP contribution in [0.5, 0.6) is 0 Å². The molecule has 2 unspecified atom stereocenters. The molecule has 0 aliphatic heterocycles. The lowest BCUT2D eigenvalue weighted by Gasteiger charge is -2.18. The van der Waals surface area contributed by atoms with E-state index in [0.717, 1.165) is 11.8 Å². The molecule has 0 spiro atoms. The molecule has 0 N–H and O–H groups in total. The molecule has 2 atom stereocenters. The molecule has 166 valence electrons. The Morgan fingerprint density at radius 3 is 1.13 bits per heavy atom. The number of hydrogen-bond acceptors (Lipinski definition) is 0. The SMILES string of the molecule is CCCCC(CCCCCCCCC(CCCC)c1ccccc1)c1ccccc1. The molecule has 2 aromatic carbocycles. The Bertz CT molecular complexity index is 558. The first-order valence-corrected chi connectivity index (χ1v) is 12.9. The zero-order chi connectivity index (χ0) is 21.3. The topological polar surface area (TPSA) is 0 Å². The maximum absolute atomic E-state index is 2.34. The third kappa shape index (κ3) is 9.96. The van der Waals surface area contributed by atoms with Gasteiger partial charge in [0.05, 0.1) is 0 Å². The van der Waals surface area contributed by atoms with Crippen molar-refractivity contribution < 1.29 is 0 Å². The van der Waals surface area contributed by atoms with Gasteiger partial charge in [-0.05, 0) is 48.6 Å². The summed E-state index contributed by atoms with van der Waals surface area (Å²) in [6.07, 6.45) is 19.3. The maximum Gasteiger partial charge on any atom is -0.0162 e. The summed E-state index contributed by atoms with van der Waals surface area (Å²) in [5.74, 6) is 1.55. The minimum absolute atomic E-state index is 0.774. The van der Waals surface area contributed by atoms with E-state index in [0.29, 0.717) is 0 Å². The molecular formula is C30H46. The molecule has 2 aromatic rings. The Balaban J connectivity index is 1.61. The average molecular weight is 407 g/mol. The number of rotatable bonds is 17. The normalized spacial score (nSPS) is 13.3. The van der Waals surface area contributed by atoms with Gasteiger partial charge in [0.1, 0.15) is 0 Å². The van der Waals surface area contributed by atoms with Crippen molar-refractivity contribution in [3.8, 4) is 0 Å². The highest BCUT2D eigenvalue weighted by molar-refractivity contribution is 5.20. The quantitative estimate of drug-likeness (QED) is 0.229. The van der Waals surface area contributed by atoms with E-state index >= 15 is 0 Å². The highest BCUT2D eigenvalue weighted by atomic mass is 14.2. The molecule has 0 aliphatic rings. The van der Waals surface area contributed by atoms with Crippen LogP contribution in [0, 0.1) is 0 Å². The Hall–Kier alpha value is -1.56. The summed E-state index contributed by atoms with van der Waals surface area (Å²) < 4.78 is 0. The van der Waals surface area contributed by atoms with Crippen LogP contribution in [0.4, 0.5) is 0 Å². The molecule has 0 aliphatic carbocycles. The Labute approximate surface area is 187 Å². The van der Waals surface area contributed by atoms with E-state index in [1.54, 1.807) is 11.1 Å². The van der Waals surface area contributed by atoms with Crippen molar-refractivity contribution in [1.82, 2.24) is 0 Å². The fourth-order valence-corrected chi connectivity index (χ4v) is 4.80. The number of unbranched alkanes of at least 4 members (excludes halogenated alkanes) is 7. The third-order valence-corrected chi connectivity index (χ3v) is 6.71. The lowest BCUT2D eigenvalue weighted by Crippen LogP contribution is -2.00. The summed E-state index contributed by atoms with van der Waals surface area (Å²) in [6.45, 7) is 4.62. The van der Waals surface area contributed by atoms with Crippen LogP contribution < -0.4 is 0 Å². The average Bonchev–Trinajstić information content (AvgIpc) is 2.80. The predicted octanol–water partition coefficient (Wildman–Crippen LogP) is 10.1. The molecule has 2 rings (SSSR count). The van der Waals surface area contributed by atoms with Crippen LogP contribution in [0.1, 0.15) is 127 Å². The predicted molar refractivity (Wildman–Crippen MR) is 134 cm³/mol. The van der Waals surface area contributed by atoms with Crippen LogP contribution in [0.2, 0.25) is 0 Å². The summed E-state index contributed by atoms with van der Waals surface area (Å²) >= 11 is 0. The second-order valence-corrected chi connectivity index (χ2v) is 9.20. The van der Waals surface area contributed by atoms with Crippen LogP contribution in [-0.4, -0.2) is 0 Å². The van der Waals surface area contributed by atoms with Gasteiger partial charge in [0, 0.05) is 0 Å². The van der Waals surface area contributed by atoms with Gasteiger partial charge in [-0.1, -0.05) is 139 Å². The van der Waals surface area contributed by atoms with Crippen molar-refractivity contribution in [1.29, 1.82) is 0 Å². The molecule has 0 saturated carbocycles. The van der Waals surface area contributed by atoms with E-state index in [9.17, 15) is 0 Å². The smallest absolute Gasteiger partial charge is 0.0162 e. The summed E-state index contributed by atoms with van der Waals surface area (Å²) in [6, 6.07) is 22.5. The highest BCUT2D eigenvalue weighted by Gasteiger charge is 2.11.